The van der Waals surface area contributed by atoms with E-state index in [4.69, 9.17) is 9.47 Å². The van der Waals surface area contributed by atoms with Crippen LogP contribution in [0.25, 0.3) is 0 Å². The molecule has 2 saturated heterocycles. The number of rotatable bonds is 3. The SMILES string of the molecule is CC.CCC1OC2CC[C@@H](CCCC[C@@H](O)C3C=C(OS(=O)(=O)C(F)(F)F)CCC13)O2.NN. The normalized spacial score (nSPS) is 32.9. The van der Waals surface area contributed by atoms with Crippen LogP contribution in [0.4, 0.5) is 13.2 Å². The lowest BCUT2D eigenvalue weighted by atomic mass is 9.75. The van der Waals surface area contributed by atoms with Crippen LogP contribution in [0.1, 0.15) is 78.6 Å². The van der Waals surface area contributed by atoms with E-state index in [2.05, 4.69) is 15.9 Å². The summed E-state index contributed by atoms with van der Waals surface area (Å²) in [7, 11) is -5.72. The van der Waals surface area contributed by atoms with Gasteiger partial charge >= 0.3 is 15.6 Å². The third kappa shape index (κ3) is 8.36. The summed E-state index contributed by atoms with van der Waals surface area (Å²) in [5.74, 6) is 7.04. The Bertz CT molecular complexity index is 705. The summed E-state index contributed by atoms with van der Waals surface area (Å²) in [6.07, 6.45) is 5.97. The Morgan fingerprint density at radius 3 is 2.33 bits per heavy atom. The van der Waals surface area contributed by atoms with E-state index in [1.165, 1.54) is 6.08 Å². The minimum absolute atomic E-state index is 0.0389. The lowest BCUT2D eigenvalue weighted by molar-refractivity contribution is -0.184. The lowest BCUT2D eigenvalue weighted by Crippen LogP contribution is -2.40. The van der Waals surface area contributed by atoms with Gasteiger partial charge in [-0.25, -0.2) is 0 Å². The van der Waals surface area contributed by atoms with Gasteiger partial charge in [-0.2, -0.15) is 21.6 Å². The first-order valence-corrected chi connectivity index (χ1v) is 13.0. The van der Waals surface area contributed by atoms with Crippen LogP contribution in [0.2, 0.25) is 0 Å². The molecule has 4 unspecified atom stereocenters. The first-order chi connectivity index (χ1) is 15.6. The summed E-state index contributed by atoms with van der Waals surface area (Å²) >= 11 is 0. The largest absolute Gasteiger partial charge is 0.534 e. The minimum atomic E-state index is -5.72. The van der Waals surface area contributed by atoms with E-state index < -0.39 is 27.6 Å². The summed E-state index contributed by atoms with van der Waals surface area (Å²) in [6, 6.07) is 0. The maximum Gasteiger partial charge on any atom is 0.534 e. The molecule has 0 aromatic carbocycles. The van der Waals surface area contributed by atoms with E-state index in [1.807, 2.05) is 20.8 Å². The van der Waals surface area contributed by atoms with Gasteiger partial charge in [-0.05, 0) is 44.1 Å². The molecular formula is C21H39F3N2O6S. The molecule has 0 aromatic heterocycles. The molecular weight excluding hydrogens is 465 g/mol. The number of allylic oxidation sites excluding steroid dienone is 1. The molecule has 3 aliphatic rings. The lowest BCUT2D eigenvalue weighted by Gasteiger charge is -2.38. The maximum absolute atomic E-state index is 12.7. The first-order valence-electron chi connectivity index (χ1n) is 11.6. The Morgan fingerprint density at radius 2 is 1.73 bits per heavy atom. The van der Waals surface area contributed by atoms with Crippen molar-refractivity contribution in [3.8, 4) is 0 Å². The molecule has 1 aliphatic carbocycles. The van der Waals surface area contributed by atoms with Crippen LogP contribution < -0.4 is 11.7 Å². The molecule has 0 spiro atoms. The highest BCUT2D eigenvalue weighted by Gasteiger charge is 2.49. The van der Waals surface area contributed by atoms with Crippen molar-refractivity contribution in [1.82, 2.24) is 0 Å². The Balaban J connectivity index is 0.00000129. The molecule has 0 radical (unpaired) electrons. The van der Waals surface area contributed by atoms with Gasteiger partial charge in [0.2, 0.25) is 0 Å². The van der Waals surface area contributed by atoms with Gasteiger partial charge in [0.05, 0.1) is 18.3 Å². The average Bonchev–Trinajstić information content (AvgIpc) is 3.23. The van der Waals surface area contributed by atoms with Crippen LogP contribution in [-0.2, 0) is 23.8 Å². The van der Waals surface area contributed by atoms with Crippen LogP contribution in [0.3, 0.4) is 0 Å². The third-order valence-corrected chi connectivity index (χ3v) is 7.09. The van der Waals surface area contributed by atoms with E-state index in [-0.39, 0.29) is 36.6 Å². The number of fused-ring (bicyclic) bond motifs is 3. The summed E-state index contributed by atoms with van der Waals surface area (Å²) < 4.78 is 77.3. The van der Waals surface area contributed by atoms with Crippen LogP contribution in [-0.4, -0.2) is 43.6 Å². The second kappa shape index (κ2) is 13.8. The highest BCUT2D eigenvalue weighted by atomic mass is 32.2. The van der Waals surface area contributed by atoms with Gasteiger partial charge in [-0.3, -0.25) is 11.7 Å². The molecule has 0 amide bonds. The van der Waals surface area contributed by atoms with Gasteiger partial charge in [0.25, 0.3) is 0 Å². The van der Waals surface area contributed by atoms with Crippen molar-refractivity contribution in [3.05, 3.63) is 11.8 Å². The van der Waals surface area contributed by atoms with Crippen molar-refractivity contribution < 1.29 is 40.4 Å². The van der Waals surface area contributed by atoms with Crippen molar-refractivity contribution >= 4 is 10.1 Å². The predicted molar refractivity (Wildman–Crippen MR) is 118 cm³/mol. The van der Waals surface area contributed by atoms with Crippen LogP contribution in [0.5, 0.6) is 0 Å². The second-order valence-corrected chi connectivity index (χ2v) is 9.63. The third-order valence-electron chi connectivity index (χ3n) is 6.09. The zero-order valence-corrected chi connectivity index (χ0v) is 20.4. The number of alkyl halides is 3. The molecule has 0 aromatic rings. The van der Waals surface area contributed by atoms with E-state index in [9.17, 15) is 26.7 Å². The fraction of sp³-hybridized carbons (Fsp3) is 0.905. The number of aliphatic hydroxyl groups is 1. The van der Waals surface area contributed by atoms with Crippen molar-refractivity contribution in [2.45, 2.75) is 109 Å². The minimum Gasteiger partial charge on any atom is -0.393 e. The number of hydrazine groups is 1. The summed E-state index contributed by atoms with van der Waals surface area (Å²) in [4.78, 5) is 0. The van der Waals surface area contributed by atoms with E-state index >= 15 is 0 Å². The fourth-order valence-electron chi connectivity index (χ4n) is 4.61. The molecule has 2 heterocycles. The van der Waals surface area contributed by atoms with E-state index in [1.54, 1.807) is 0 Å². The van der Waals surface area contributed by atoms with Crippen LogP contribution in [0, 0.1) is 11.8 Å². The topological polar surface area (TPSA) is 134 Å². The Morgan fingerprint density at radius 1 is 1.09 bits per heavy atom. The van der Waals surface area contributed by atoms with Crippen LogP contribution >= 0.6 is 0 Å². The summed E-state index contributed by atoms with van der Waals surface area (Å²) in [5.41, 5.74) is -5.48. The Labute approximate surface area is 194 Å². The summed E-state index contributed by atoms with van der Waals surface area (Å²) in [5, 5.41) is 10.8. The molecule has 12 heteroatoms. The Hall–Kier alpha value is -0.920. The molecule has 2 bridgehead atoms. The molecule has 5 N–H and O–H groups in total. The molecule has 3 rings (SSSR count). The molecule has 2 fully saturated rings. The average molecular weight is 505 g/mol. The second-order valence-electron chi connectivity index (χ2n) is 8.10. The van der Waals surface area contributed by atoms with Gasteiger partial charge in [-0.1, -0.05) is 33.6 Å². The number of nitrogens with two attached hydrogens (primary N) is 2. The smallest absolute Gasteiger partial charge is 0.393 e. The number of ether oxygens (including phenoxy) is 2. The number of hydrogen-bond acceptors (Lipinski definition) is 8. The molecule has 6 atom stereocenters. The number of halogens is 3. The van der Waals surface area contributed by atoms with Gasteiger partial charge in [0, 0.05) is 18.8 Å². The summed E-state index contributed by atoms with van der Waals surface area (Å²) in [6.45, 7) is 5.95. The van der Waals surface area contributed by atoms with Crippen molar-refractivity contribution in [1.29, 1.82) is 0 Å². The Kier molecular flexibility index (Phi) is 12.6. The molecule has 196 valence electrons. The zero-order valence-electron chi connectivity index (χ0n) is 19.6. The quantitative estimate of drug-likeness (QED) is 0.228. The van der Waals surface area contributed by atoms with Gasteiger partial charge in [0.1, 0.15) is 5.76 Å². The molecule has 8 nitrogen and oxygen atoms in total. The monoisotopic (exact) mass is 504 g/mol. The van der Waals surface area contributed by atoms with E-state index in [0.717, 1.165) is 32.1 Å². The molecule has 2 aliphatic heterocycles. The van der Waals surface area contributed by atoms with E-state index in [0.29, 0.717) is 19.3 Å². The molecule has 33 heavy (non-hydrogen) atoms. The van der Waals surface area contributed by atoms with Crippen LogP contribution in [0.15, 0.2) is 11.8 Å². The predicted octanol–water partition coefficient (Wildman–Crippen LogP) is 3.84. The van der Waals surface area contributed by atoms with Gasteiger partial charge < -0.3 is 18.8 Å². The van der Waals surface area contributed by atoms with Gasteiger partial charge in [-0.15, -0.1) is 0 Å². The van der Waals surface area contributed by atoms with Crippen molar-refractivity contribution in [2.24, 2.45) is 23.5 Å². The van der Waals surface area contributed by atoms with Gasteiger partial charge in [0.15, 0.2) is 6.29 Å². The zero-order chi connectivity index (χ0) is 25.2. The van der Waals surface area contributed by atoms with Crippen molar-refractivity contribution in [2.75, 3.05) is 0 Å². The first kappa shape index (κ1) is 30.1. The highest BCUT2D eigenvalue weighted by Crippen LogP contribution is 2.40. The standard InChI is InChI=1S/C19H29F3O6S.C2H6.H4N2/c1-2-17-14-9-7-13(28-29(24,25)19(20,21)22)11-15(14)16(23)6-4-3-5-12-8-10-18(26-12)27-17;2*1-2/h11-12,14-18,23H,2-10H2,1H3;1-2H3;1-2H2/t12-,14?,15?,16-,17?,18?;;/m1../s1. The van der Waals surface area contributed by atoms with Crippen molar-refractivity contribution in [3.63, 3.8) is 0 Å². The molecule has 0 saturated carbocycles. The highest BCUT2D eigenvalue weighted by molar-refractivity contribution is 7.87. The number of aliphatic hydroxyl groups excluding tert-OH is 1. The number of hydrogen-bond donors (Lipinski definition) is 3. The fourth-order valence-corrected chi connectivity index (χ4v) is 5.12. The maximum atomic E-state index is 12.7.